The maximum Gasteiger partial charge on any atom is 0.251 e. The number of nitrogens with zero attached hydrogens (tertiary/aromatic N) is 2. The quantitative estimate of drug-likeness (QED) is 0.367. The molecule has 0 saturated heterocycles. The third-order valence-corrected chi connectivity index (χ3v) is 9.63. The van der Waals surface area contributed by atoms with Crippen molar-refractivity contribution in [1.82, 2.24) is 10.2 Å². The molecular weight excluding hydrogens is 552 g/mol. The summed E-state index contributed by atoms with van der Waals surface area (Å²) in [5, 5.41) is 13.6. The van der Waals surface area contributed by atoms with Crippen molar-refractivity contribution in [2.24, 2.45) is 10.7 Å². The number of nitrogens with one attached hydrogen (secondary N) is 1. The van der Waals surface area contributed by atoms with Gasteiger partial charge in [0.2, 0.25) is 5.91 Å². The van der Waals surface area contributed by atoms with Crippen molar-refractivity contribution in [3.05, 3.63) is 101 Å². The number of carbonyl (C=O) groups excluding carboxylic acids is 2. The number of aliphatic hydroxyl groups is 1. The van der Waals surface area contributed by atoms with Gasteiger partial charge in [-0.25, -0.2) is 13.4 Å². The molecule has 0 fully saturated rings. The lowest BCUT2D eigenvalue weighted by Crippen LogP contribution is -2.52. The second kappa shape index (κ2) is 11.3. The van der Waals surface area contributed by atoms with Gasteiger partial charge in [-0.15, -0.1) is 0 Å². The molecule has 1 aliphatic heterocycles. The van der Waals surface area contributed by atoms with E-state index in [-0.39, 0.29) is 29.1 Å². The van der Waals surface area contributed by atoms with E-state index in [2.05, 4.69) is 5.32 Å². The van der Waals surface area contributed by atoms with Gasteiger partial charge >= 0.3 is 0 Å². The molecule has 9 nitrogen and oxygen atoms in total. The number of rotatable bonds is 8. The van der Waals surface area contributed by atoms with Gasteiger partial charge < -0.3 is 16.2 Å². The van der Waals surface area contributed by atoms with Crippen molar-refractivity contribution in [3.8, 4) is 0 Å². The highest BCUT2D eigenvalue weighted by molar-refractivity contribution is 7.90. The minimum Gasteiger partial charge on any atom is -0.390 e. The molecule has 4 N–H and O–H groups in total. The van der Waals surface area contributed by atoms with Crippen LogP contribution in [0.4, 0.5) is 0 Å². The molecule has 1 aliphatic carbocycles. The first-order valence-electron chi connectivity index (χ1n) is 14.1. The first-order valence-corrected chi connectivity index (χ1v) is 16.0. The Bertz CT molecular complexity index is 1650. The zero-order valence-corrected chi connectivity index (χ0v) is 24.8. The Balaban J connectivity index is 1.54. The number of aliphatic imine (C=N–C) groups is 1. The number of aliphatic hydroxyl groups excluding tert-OH is 1. The fraction of sp³-hybridized carbons (Fsp3) is 0.344. The fourth-order valence-corrected chi connectivity index (χ4v) is 6.61. The predicted octanol–water partition coefficient (Wildman–Crippen LogP) is 3.67. The van der Waals surface area contributed by atoms with E-state index in [0.717, 1.165) is 17.4 Å². The van der Waals surface area contributed by atoms with Gasteiger partial charge in [0.05, 0.1) is 35.0 Å². The summed E-state index contributed by atoms with van der Waals surface area (Å²) in [5.41, 5.74) is 9.36. The zero-order valence-electron chi connectivity index (χ0n) is 23.9. The maximum atomic E-state index is 13.7. The summed E-state index contributed by atoms with van der Waals surface area (Å²) < 4.78 is 24.2. The van der Waals surface area contributed by atoms with Crippen LogP contribution in [0.5, 0.6) is 0 Å². The third-order valence-electron chi connectivity index (χ3n) is 8.50. The number of amides is 2. The Morgan fingerprint density at radius 2 is 1.76 bits per heavy atom. The zero-order chi connectivity index (χ0) is 30.2. The minimum absolute atomic E-state index is 0.0766. The van der Waals surface area contributed by atoms with Crippen LogP contribution < -0.4 is 11.1 Å². The van der Waals surface area contributed by atoms with Crippen LogP contribution in [-0.2, 0) is 21.1 Å². The van der Waals surface area contributed by atoms with Crippen molar-refractivity contribution in [2.75, 3.05) is 6.26 Å². The van der Waals surface area contributed by atoms with Crippen molar-refractivity contribution >= 4 is 27.6 Å². The molecule has 3 atom stereocenters. The molecule has 0 spiro atoms. The Morgan fingerprint density at radius 3 is 2.40 bits per heavy atom. The molecular formula is C32H36N4O5S. The lowest BCUT2D eigenvalue weighted by atomic mass is 9.86. The average Bonchev–Trinajstić information content (AvgIpc) is 3.29. The number of fused-ring (bicyclic) bond motifs is 1. The smallest absolute Gasteiger partial charge is 0.251 e. The summed E-state index contributed by atoms with van der Waals surface area (Å²) in [6.45, 7) is 3.96. The van der Waals surface area contributed by atoms with Crippen LogP contribution in [0.3, 0.4) is 0 Å². The van der Waals surface area contributed by atoms with Gasteiger partial charge in [-0.2, -0.15) is 0 Å². The van der Waals surface area contributed by atoms with E-state index in [1.807, 2.05) is 38.1 Å². The van der Waals surface area contributed by atoms with Gasteiger partial charge in [-0.05, 0) is 59.4 Å². The van der Waals surface area contributed by atoms with E-state index >= 15 is 0 Å². The predicted molar refractivity (Wildman–Crippen MR) is 161 cm³/mol. The summed E-state index contributed by atoms with van der Waals surface area (Å²) in [5.74, 6) is -0.497. The first kappa shape index (κ1) is 29.5. The van der Waals surface area contributed by atoms with E-state index in [9.17, 15) is 23.1 Å². The molecule has 1 heterocycles. The van der Waals surface area contributed by atoms with Gasteiger partial charge in [0.15, 0.2) is 15.8 Å². The molecule has 220 valence electrons. The highest BCUT2D eigenvalue weighted by Crippen LogP contribution is 2.37. The van der Waals surface area contributed by atoms with E-state index in [1.165, 1.54) is 17.0 Å². The second-order valence-electron chi connectivity index (χ2n) is 11.1. The molecule has 3 aromatic rings. The summed E-state index contributed by atoms with van der Waals surface area (Å²) in [6.07, 6.45) is 2.34. The van der Waals surface area contributed by atoms with Crippen LogP contribution >= 0.6 is 0 Å². The van der Waals surface area contributed by atoms with E-state index in [4.69, 9.17) is 10.7 Å². The van der Waals surface area contributed by atoms with Gasteiger partial charge in [-0.3, -0.25) is 14.5 Å². The molecule has 2 amide bonds. The van der Waals surface area contributed by atoms with E-state index in [0.29, 0.717) is 36.0 Å². The summed E-state index contributed by atoms with van der Waals surface area (Å²) >= 11 is 0. The normalized spacial score (nSPS) is 20.5. The largest absolute Gasteiger partial charge is 0.390 e. The third kappa shape index (κ3) is 5.56. The van der Waals surface area contributed by atoms with Crippen molar-refractivity contribution in [1.29, 1.82) is 0 Å². The number of benzene rings is 3. The minimum atomic E-state index is -3.44. The van der Waals surface area contributed by atoms with Crippen molar-refractivity contribution in [2.45, 2.75) is 68.2 Å². The SMILES string of the molecule is CCC1(CC)CC(=O)N([C@H](c2ccc(S(C)(=O)=O)cc2)c2cccc(C(=O)N[C@@H]3c4ccccc4C[C@H]3O)c2)C(N)=N1. The molecule has 2 aliphatic rings. The Labute approximate surface area is 246 Å². The van der Waals surface area contributed by atoms with Gasteiger partial charge in [0, 0.05) is 18.2 Å². The van der Waals surface area contributed by atoms with E-state index in [1.54, 1.807) is 36.4 Å². The molecule has 10 heteroatoms. The highest BCUT2D eigenvalue weighted by Gasteiger charge is 2.41. The molecule has 42 heavy (non-hydrogen) atoms. The number of nitrogens with two attached hydrogens (primary N) is 1. The second-order valence-corrected chi connectivity index (χ2v) is 13.1. The number of guanidine groups is 1. The van der Waals surface area contributed by atoms with Crippen LogP contribution in [0.25, 0.3) is 0 Å². The van der Waals surface area contributed by atoms with Crippen LogP contribution in [0.1, 0.15) is 77.8 Å². The Hall–Kier alpha value is -4.02. The van der Waals surface area contributed by atoms with Gasteiger partial charge in [-0.1, -0.05) is 62.4 Å². The molecule has 5 rings (SSSR count). The van der Waals surface area contributed by atoms with Gasteiger partial charge in [0.1, 0.15) is 0 Å². The average molecular weight is 589 g/mol. The summed E-state index contributed by atoms with van der Waals surface area (Å²) in [4.78, 5) is 33.5. The van der Waals surface area contributed by atoms with Crippen molar-refractivity contribution in [3.63, 3.8) is 0 Å². The topological polar surface area (TPSA) is 142 Å². The lowest BCUT2D eigenvalue weighted by Gasteiger charge is -2.40. The highest BCUT2D eigenvalue weighted by atomic mass is 32.2. The lowest BCUT2D eigenvalue weighted by molar-refractivity contribution is -0.131. The molecule has 0 bridgehead atoms. The first-order chi connectivity index (χ1) is 20.0. The number of hydrogen-bond donors (Lipinski definition) is 3. The van der Waals surface area contributed by atoms with E-state index < -0.39 is 33.6 Å². The van der Waals surface area contributed by atoms with Crippen LogP contribution in [-0.4, -0.2) is 54.1 Å². The number of carbonyl (C=O) groups is 2. The van der Waals surface area contributed by atoms with Crippen LogP contribution in [0, 0.1) is 0 Å². The Morgan fingerprint density at radius 1 is 1.07 bits per heavy atom. The fourth-order valence-electron chi connectivity index (χ4n) is 5.98. The molecule has 0 radical (unpaired) electrons. The molecule has 3 aromatic carbocycles. The number of sulfone groups is 1. The van der Waals surface area contributed by atoms with Crippen LogP contribution in [0.2, 0.25) is 0 Å². The van der Waals surface area contributed by atoms with Crippen molar-refractivity contribution < 1.29 is 23.1 Å². The van der Waals surface area contributed by atoms with Crippen LogP contribution in [0.15, 0.2) is 82.7 Å². The standard InChI is InChI=1S/C32H36N4O5S/c1-4-32(5-2)19-27(38)36(31(33)35-32)29(20-13-15-24(16-14-20)42(3,40)41)22-10-8-11-23(17-22)30(39)34-28-25-12-7-6-9-21(25)18-26(28)37/h6-17,26,28-29,37H,4-5,18-19H2,1-3H3,(H2,33,35)(H,34,39)/t26-,28-,29-/m1/s1. The molecule has 0 unspecified atom stereocenters. The molecule has 0 saturated carbocycles. The summed E-state index contributed by atoms with van der Waals surface area (Å²) in [6, 6.07) is 19.5. The summed E-state index contributed by atoms with van der Waals surface area (Å²) in [7, 11) is -3.44. The number of hydrogen-bond acceptors (Lipinski definition) is 7. The monoisotopic (exact) mass is 588 g/mol. The maximum absolute atomic E-state index is 13.7. The van der Waals surface area contributed by atoms with Gasteiger partial charge in [0.25, 0.3) is 5.91 Å². The Kier molecular flexibility index (Phi) is 7.96. The molecule has 0 aromatic heterocycles.